The molecule has 0 spiro atoms. The molecular weight excluding hydrogens is 426 g/mol. The molecule has 1 heterocycles. The molecule has 0 aliphatic carbocycles. The molecule has 0 N–H and O–H groups in total. The van der Waals surface area contributed by atoms with Crippen LogP contribution in [0, 0.1) is 0 Å². The van der Waals surface area contributed by atoms with Crippen molar-refractivity contribution in [2.24, 2.45) is 0 Å². The summed E-state index contributed by atoms with van der Waals surface area (Å²) in [4.78, 5) is 33.6. The fourth-order valence-electron chi connectivity index (χ4n) is 4.32. The van der Waals surface area contributed by atoms with E-state index in [0.717, 1.165) is 5.56 Å². The maximum absolute atomic E-state index is 13.7. The summed E-state index contributed by atoms with van der Waals surface area (Å²) in [5.74, 6) is 1.09. The standard InChI is InChI=1S/C28H29N3O3/c1-4-30(26(32)19-18-21-12-6-5-7-13-21)20(2)27-29-23-15-9-8-14-22(23)28(33)31(27)24-16-10-11-17-25(24)34-3/h5-17,20H,4,18-19H2,1-3H3. The molecule has 6 heteroatoms. The molecule has 0 fully saturated rings. The van der Waals surface area contributed by atoms with Gasteiger partial charge in [-0.05, 0) is 50.1 Å². The van der Waals surface area contributed by atoms with Gasteiger partial charge in [0, 0.05) is 13.0 Å². The third-order valence-electron chi connectivity index (χ3n) is 6.10. The Labute approximate surface area is 199 Å². The number of fused-ring (bicyclic) bond motifs is 1. The van der Waals surface area contributed by atoms with Crippen molar-refractivity contribution >= 4 is 16.8 Å². The predicted molar refractivity (Wildman–Crippen MR) is 134 cm³/mol. The first kappa shape index (κ1) is 23.2. The molecule has 1 unspecified atom stereocenters. The molecule has 174 valence electrons. The normalized spacial score (nSPS) is 11.9. The van der Waals surface area contributed by atoms with E-state index in [1.165, 1.54) is 0 Å². The first-order valence-electron chi connectivity index (χ1n) is 11.5. The van der Waals surface area contributed by atoms with Crippen molar-refractivity contribution in [3.05, 3.63) is 101 Å². The van der Waals surface area contributed by atoms with E-state index in [0.29, 0.717) is 47.6 Å². The molecular formula is C28H29N3O3. The van der Waals surface area contributed by atoms with E-state index in [1.807, 2.05) is 86.6 Å². The number of ether oxygens (including phenoxy) is 1. The molecule has 0 saturated heterocycles. The number of hydrogen-bond donors (Lipinski definition) is 0. The van der Waals surface area contributed by atoms with E-state index in [4.69, 9.17) is 9.72 Å². The quantitative estimate of drug-likeness (QED) is 0.378. The van der Waals surface area contributed by atoms with E-state index >= 15 is 0 Å². The number of para-hydroxylation sites is 3. The van der Waals surface area contributed by atoms with Gasteiger partial charge in [-0.1, -0.05) is 54.6 Å². The fourth-order valence-corrected chi connectivity index (χ4v) is 4.32. The van der Waals surface area contributed by atoms with E-state index in [2.05, 4.69) is 0 Å². The van der Waals surface area contributed by atoms with E-state index in [1.54, 1.807) is 22.6 Å². The average Bonchev–Trinajstić information content (AvgIpc) is 2.88. The third kappa shape index (κ3) is 4.57. The summed E-state index contributed by atoms with van der Waals surface area (Å²) in [6.07, 6.45) is 1.04. The Morgan fingerprint density at radius 1 is 1.00 bits per heavy atom. The fraction of sp³-hybridized carbons (Fsp3) is 0.250. The van der Waals surface area contributed by atoms with Crippen molar-refractivity contribution in [2.45, 2.75) is 32.7 Å². The zero-order valence-electron chi connectivity index (χ0n) is 19.8. The van der Waals surface area contributed by atoms with Crippen molar-refractivity contribution in [1.29, 1.82) is 0 Å². The Hall–Kier alpha value is -3.93. The molecule has 0 radical (unpaired) electrons. The Morgan fingerprint density at radius 2 is 1.68 bits per heavy atom. The van der Waals surface area contributed by atoms with Crippen LogP contribution in [0.5, 0.6) is 5.75 Å². The second-order valence-corrected chi connectivity index (χ2v) is 8.14. The largest absolute Gasteiger partial charge is 0.495 e. The number of nitrogens with zero attached hydrogens (tertiary/aromatic N) is 3. The maximum atomic E-state index is 13.7. The van der Waals surface area contributed by atoms with Crippen LogP contribution in [0.1, 0.15) is 37.7 Å². The minimum atomic E-state index is -0.421. The van der Waals surface area contributed by atoms with Gasteiger partial charge in [0.1, 0.15) is 11.6 Å². The zero-order chi connectivity index (χ0) is 24.1. The predicted octanol–water partition coefficient (Wildman–Crippen LogP) is 4.94. The first-order valence-corrected chi connectivity index (χ1v) is 11.5. The van der Waals surface area contributed by atoms with Crippen LogP contribution in [0.2, 0.25) is 0 Å². The molecule has 3 aromatic carbocycles. The Morgan fingerprint density at radius 3 is 2.41 bits per heavy atom. The third-order valence-corrected chi connectivity index (χ3v) is 6.10. The van der Waals surface area contributed by atoms with Crippen LogP contribution >= 0.6 is 0 Å². The van der Waals surface area contributed by atoms with Crippen molar-refractivity contribution in [3.63, 3.8) is 0 Å². The lowest BCUT2D eigenvalue weighted by Gasteiger charge is -2.30. The lowest BCUT2D eigenvalue weighted by atomic mass is 10.1. The molecule has 0 saturated carbocycles. The number of methoxy groups -OCH3 is 1. The van der Waals surface area contributed by atoms with Crippen molar-refractivity contribution < 1.29 is 9.53 Å². The summed E-state index contributed by atoms with van der Waals surface area (Å²) in [6.45, 7) is 4.37. The summed E-state index contributed by atoms with van der Waals surface area (Å²) in [6, 6.07) is 24.2. The molecule has 6 nitrogen and oxygen atoms in total. The number of carbonyl (C=O) groups is 1. The number of aryl methyl sites for hydroxylation is 1. The molecule has 0 bridgehead atoms. The minimum absolute atomic E-state index is 0.0211. The summed E-state index contributed by atoms with van der Waals surface area (Å²) in [7, 11) is 1.58. The minimum Gasteiger partial charge on any atom is -0.495 e. The topological polar surface area (TPSA) is 64.4 Å². The van der Waals surface area contributed by atoms with Crippen molar-refractivity contribution in [2.75, 3.05) is 13.7 Å². The van der Waals surface area contributed by atoms with Crippen molar-refractivity contribution in [1.82, 2.24) is 14.5 Å². The molecule has 1 aromatic heterocycles. The van der Waals surface area contributed by atoms with E-state index in [9.17, 15) is 9.59 Å². The van der Waals surface area contributed by atoms with Gasteiger partial charge in [0.2, 0.25) is 5.91 Å². The number of carbonyl (C=O) groups excluding carboxylic acids is 1. The molecule has 4 aromatic rings. The SMILES string of the molecule is CCN(C(=O)CCc1ccccc1)C(C)c1nc2ccccc2c(=O)n1-c1ccccc1OC. The molecule has 0 aliphatic heterocycles. The van der Waals surface area contributed by atoms with Gasteiger partial charge in [-0.15, -0.1) is 0 Å². The number of benzene rings is 3. The van der Waals surface area contributed by atoms with E-state index < -0.39 is 6.04 Å². The highest BCUT2D eigenvalue weighted by atomic mass is 16.5. The molecule has 1 atom stereocenters. The van der Waals surface area contributed by atoms with Crippen LogP contribution < -0.4 is 10.3 Å². The summed E-state index contributed by atoms with van der Waals surface area (Å²) in [5.41, 5.74) is 2.13. The smallest absolute Gasteiger partial charge is 0.266 e. The van der Waals surface area contributed by atoms with Gasteiger partial charge >= 0.3 is 0 Å². The van der Waals surface area contributed by atoms with Crippen LogP contribution in [-0.2, 0) is 11.2 Å². The van der Waals surface area contributed by atoms with Crippen molar-refractivity contribution in [3.8, 4) is 11.4 Å². The Kier molecular flexibility index (Phi) is 7.07. The van der Waals surface area contributed by atoms with Gasteiger partial charge in [-0.25, -0.2) is 4.98 Å². The Balaban J connectivity index is 1.78. The van der Waals surface area contributed by atoms with Crippen LogP contribution in [0.4, 0.5) is 0 Å². The van der Waals surface area contributed by atoms with Gasteiger partial charge in [0.15, 0.2) is 0 Å². The second-order valence-electron chi connectivity index (χ2n) is 8.14. The number of hydrogen-bond acceptors (Lipinski definition) is 4. The lowest BCUT2D eigenvalue weighted by molar-refractivity contribution is -0.133. The first-order chi connectivity index (χ1) is 16.5. The van der Waals surface area contributed by atoms with E-state index in [-0.39, 0.29) is 11.5 Å². The molecule has 4 rings (SSSR count). The number of aromatic nitrogens is 2. The molecule has 1 amide bonds. The van der Waals surface area contributed by atoms with Crippen LogP contribution in [0.15, 0.2) is 83.7 Å². The second kappa shape index (κ2) is 10.3. The summed E-state index contributed by atoms with van der Waals surface area (Å²) < 4.78 is 7.14. The van der Waals surface area contributed by atoms with Gasteiger partial charge in [-0.3, -0.25) is 14.2 Å². The highest BCUT2D eigenvalue weighted by Gasteiger charge is 2.26. The molecule has 34 heavy (non-hydrogen) atoms. The summed E-state index contributed by atoms with van der Waals surface area (Å²) >= 11 is 0. The summed E-state index contributed by atoms with van der Waals surface area (Å²) in [5, 5.41) is 0.516. The van der Waals surface area contributed by atoms with Gasteiger partial charge < -0.3 is 9.64 Å². The average molecular weight is 456 g/mol. The van der Waals surface area contributed by atoms with Crippen LogP contribution in [0.25, 0.3) is 16.6 Å². The highest BCUT2D eigenvalue weighted by Crippen LogP contribution is 2.28. The highest BCUT2D eigenvalue weighted by molar-refractivity contribution is 5.79. The monoisotopic (exact) mass is 455 g/mol. The van der Waals surface area contributed by atoms with Crippen LogP contribution in [-0.4, -0.2) is 34.0 Å². The van der Waals surface area contributed by atoms with Gasteiger partial charge in [0.25, 0.3) is 5.56 Å². The Bertz CT molecular complexity index is 1350. The van der Waals surface area contributed by atoms with Gasteiger partial charge in [-0.2, -0.15) is 0 Å². The zero-order valence-corrected chi connectivity index (χ0v) is 19.8. The van der Waals surface area contributed by atoms with Crippen LogP contribution in [0.3, 0.4) is 0 Å². The van der Waals surface area contributed by atoms with Gasteiger partial charge in [0.05, 0.1) is 29.7 Å². The lowest BCUT2D eigenvalue weighted by Crippen LogP contribution is -2.37. The number of rotatable bonds is 8. The number of amides is 1. The molecule has 0 aliphatic rings. The maximum Gasteiger partial charge on any atom is 0.266 e.